The number of hydrogen-bond acceptors (Lipinski definition) is 8. The normalized spacial score (nSPS) is 10.9. The van der Waals surface area contributed by atoms with Crippen molar-refractivity contribution in [2.24, 2.45) is 0 Å². The summed E-state index contributed by atoms with van der Waals surface area (Å²) in [6.45, 7) is -0.110. The van der Waals surface area contributed by atoms with E-state index in [1.165, 1.54) is 33.5 Å². The van der Waals surface area contributed by atoms with Crippen molar-refractivity contribution in [1.29, 1.82) is 0 Å². The van der Waals surface area contributed by atoms with Gasteiger partial charge in [0.25, 0.3) is 0 Å². The number of carbonyl (C=O) groups is 1. The van der Waals surface area contributed by atoms with Gasteiger partial charge in [0, 0.05) is 41.4 Å². The minimum absolute atomic E-state index is 0.110. The molecule has 0 aliphatic carbocycles. The first-order valence-corrected chi connectivity index (χ1v) is 8.57. The fraction of sp³-hybridized carbons (Fsp3) is 0.190. The molecule has 0 spiro atoms. The minimum Gasteiger partial charge on any atom is -0.493 e. The second-order valence-electron chi connectivity index (χ2n) is 5.87. The molecule has 0 atom stereocenters. The summed E-state index contributed by atoms with van der Waals surface area (Å²) in [5.74, 6) is 0.802. The predicted molar refractivity (Wildman–Crippen MR) is 105 cm³/mol. The molecule has 29 heavy (non-hydrogen) atoms. The zero-order valence-corrected chi connectivity index (χ0v) is 16.1. The van der Waals surface area contributed by atoms with Gasteiger partial charge in [-0.15, -0.1) is 0 Å². The average Bonchev–Trinajstić information content (AvgIpc) is 2.75. The molecule has 150 valence electrons. The molecule has 0 N–H and O–H groups in total. The highest BCUT2D eigenvalue weighted by Crippen LogP contribution is 2.33. The lowest BCUT2D eigenvalue weighted by Crippen LogP contribution is -2.06. The van der Waals surface area contributed by atoms with Crippen LogP contribution in [0.2, 0.25) is 0 Å². The summed E-state index contributed by atoms with van der Waals surface area (Å²) in [5.41, 5.74) is 0.951. The third-order valence-corrected chi connectivity index (χ3v) is 4.08. The number of benzene rings is 1. The molecule has 0 bridgehead atoms. The first-order valence-electron chi connectivity index (χ1n) is 8.57. The summed E-state index contributed by atoms with van der Waals surface area (Å²) in [4.78, 5) is 28.0. The lowest BCUT2D eigenvalue weighted by Gasteiger charge is -2.11. The number of methoxy groups -OCH3 is 3. The molecule has 3 rings (SSSR count). The molecule has 2 aromatic heterocycles. The number of esters is 1. The Balaban J connectivity index is 1.77. The van der Waals surface area contributed by atoms with Crippen LogP contribution < -0.4 is 19.8 Å². The lowest BCUT2D eigenvalue weighted by atomic mass is 10.1. The summed E-state index contributed by atoms with van der Waals surface area (Å²) in [6, 6.07) is 7.93. The molecule has 0 unspecified atom stereocenters. The molecule has 0 amide bonds. The summed E-state index contributed by atoms with van der Waals surface area (Å²) in [6.07, 6.45) is 4.42. The predicted octanol–water partition coefficient (Wildman–Crippen LogP) is 2.97. The van der Waals surface area contributed by atoms with Gasteiger partial charge in [0.15, 0.2) is 11.5 Å². The molecule has 2 heterocycles. The van der Waals surface area contributed by atoms with E-state index in [-0.39, 0.29) is 6.61 Å². The van der Waals surface area contributed by atoms with E-state index in [2.05, 4.69) is 4.98 Å². The zero-order chi connectivity index (χ0) is 20.8. The fourth-order valence-electron chi connectivity index (χ4n) is 2.65. The molecule has 8 nitrogen and oxygen atoms in total. The van der Waals surface area contributed by atoms with Crippen LogP contribution in [0.5, 0.6) is 17.4 Å². The molecule has 0 aliphatic rings. The number of nitrogens with zero attached hydrogens (tertiary/aromatic N) is 1. The largest absolute Gasteiger partial charge is 0.493 e. The van der Waals surface area contributed by atoms with Crippen molar-refractivity contribution < 1.29 is 28.2 Å². The molecular formula is C21H19NO7. The van der Waals surface area contributed by atoms with Gasteiger partial charge in [-0.05, 0) is 23.8 Å². The van der Waals surface area contributed by atoms with Crippen LogP contribution in [0.15, 0.2) is 51.8 Å². The summed E-state index contributed by atoms with van der Waals surface area (Å²) in [7, 11) is 4.51. The quantitative estimate of drug-likeness (QED) is 0.341. The van der Waals surface area contributed by atoms with Crippen LogP contribution in [-0.4, -0.2) is 32.3 Å². The Morgan fingerprint density at radius 2 is 1.83 bits per heavy atom. The zero-order valence-electron chi connectivity index (χ0n) is 16.1. The molecule has 0 fully saturated rings. The van der Waals surface area contributed by atoms with E-state index in [1.54, 1.807) is 36.5 Å². The number of carbonyl (C=O) groups excluding carboxylic acids is 1. The van der Waals surface area contributed by atoms with Crippen LogP contribution in [0, 0.1) is 0 Å². The van der Waals surface area contributed by atoms with Crippen molar-refractivity contribution in [2.75, 3.05) is 21.3 Å². The van der Waals surface area contributed by atoms with E-state index >= 15 is 0 Å². The van der Waals surface area contributed by atoms with Crippen LogP contribution in [-0.2, 0) is 16.1 Å². The Hall–Kier alpha value is -3.81. The highest BCUT2D eigenvalue weighted by Gasteiger charge is 2.13. The van der Waals surface area contributed by atoms with E-state index in [1.807, 2.05) is 0 Å². The Morgan fingerprint density at radius 3 is 2.48 bits per heavy atom. The molecule has 0 saturated heterocycles. The lowest BCUT2D eigenvalue weighted by molar-refractivity contribution is -0.138. The number of hydrogen-bond donors (Lipinski definition) is 0. The molecule has 1 aromatic carbocycles. The maximum atomic E-state index is 12.1. The molecule has 8 heteroatoms. The molecule has 3 aromatic rings. The summed E-state index contributed by atoms with van der Waals surface area (Å²) in [5, 5.41) is 0.582. The first kappa shape index (κ1) is 19.9. The van der Waals surface area contributed by atoms with Gasteiger partial charge in [0.05, 0.1) is 21.3 Å². The van der Waals surface area contributed by atoms with Crippen LogP contribution >= 0.6 is 0 Å². The van der Waals surface area contributed by atoms with Crippen molar-refractivity contribution in [1.82, 2.24) is 4.98 Å². The summed E-state index contributed by atoms with van der Waals surface area (Å²) < 4.78 is 26.0. The van der Waals surface area contributed by atoms with E-state index in [0.717, 1.165) is 0 Å². The van der Waals surface area contributed by atoms with Crippen LogP contribution in [0.3, 0.4) is 0 Å². The molecule has 0 aliphatic heterocycles. The highest BCUT2D eigenvalue weighted by atomic mass is 16.5. The minimum atomic E-state index is -0.567. The topological polar surface area (TPSA) is 97.1 Å². The number of pyridine rings is 1. The van der Waals surface area contributed by atoms with Gasteiger partial charge in [-0.3, -0.25) is 0 Å². The van der Waals surface area contributed by atoms with Gasteiger partial charge in [0.2, 0.25) is 5.88 Å². The van der Waals surface area contributed by atoms with Crippen molar-refractivity contribution in [2.45, 2.75) is 6.61 Å². The molecular weight excluding hydrogens is 378 g/mol. The third-order valence-electron chi connectivity index (χ3n) is 4.08. The number of rotatable bonds is 7. The van der Waals surface area contributed by atoms with Gasteiger partial charge < -0.3 is 23.4 Å². The number of aromatic nitrogens is 1. The Labute approximate surface area is 166 Å². The SMILES string of the molecule is COc1ccc(/C=C/C(=O)OCc2cc(=O)oc3cc(OC)c(OC)cc23)cn1. The van der Waals surface area contributed by atoms with Gasteiger partial charge in [-0.2, -0.15) is 0 Å². The smallest absolute Gasteiger partial charge is 0.336 e. The van der Waals surface area contributed by atoms with Gasteiger partial charge in [-0.1, -0.05) is 0 Å². The van der Waals surface area contributed by atoms with E-state index in [9.17, 15) is 9.59 Å². The summed E-state index contributed by atoms with van der Waals surface area (Å²) >= 11 is 0. The molecule has 0 radical (unpaired) electrons. The van der Waals surface area contributed by atoms with Crippen molar-refractivity contribution in [3.8, 4) is 17.4 Å². The van der Waals surface area contributed by atoms with Gasteiger partial charge in [0.1, 0.15) is 12.2 Å². The van der Waals surface area contributed by atoms with Crippen LogP contribution in [0.25, 0.3) is 17.0 Å². The van der Waals surface area contributed by atoms with E-state index in [4.69, 9.17) is 23.4 Å². The standard InChI is InChI=1S/C21H19NO7/c1-25-17-9-15-14(8-21(24)29-16(15)10-18(17)26-2)12-28-20(23)7-5-13-4-6-19(27-3)22-11-13/h4-11H,12H2,1-3H3/b7-5+. The van der Waals surface area contributed by atoms with Crippen LogP contribution in [0.1, 0.15) is 11.1 Å². The Kier molecular flexibility index (Phi) is 6.13. The second-order valence-corrected chi connectivity index (χ2v) is 5.87. The van der Waals surface area contributed by atoms with Crippen molar-refractivity contribution in [3.63, 3.8) is 0 Å². The molecule has 0 saturated carbocycles. The maximum Gasteiger partial charge on any atom is 0.336 e. The maximum absolute atomic E-state index is 12.1. The average molecular weight is 397 g/mol. The highest BCUT2D eigenvalue weighted by molar-refractivity contribution is 5.88. The Morgan fingerprint density at radius 1 is 1.07 bits per heavy atom. The van der Waals surface area contributed by atoms with Crippen LogP contribution in [0.4, 0.5) is 0 Å². The first-order chi connectivity index (χ1) is 14.0. The number of fused-ring (bicyclic) bond motifs is 1. The van der Waals surface area contributed by atoms with Gasteiger partial charge >= 0.3 is 11.6 Å². The monoisotopic (exact) mass is 397 g/mol. The van der Waals surface area contributed by atoms with Crippen molar-refractivity contribution >= 4 is 23.0 Å². The second kappa shape index (κ2) is 8.92. The fourth-order valence-corrected chi connectivity index (χ4v) is 2.65. The Bertz CT molecular complexity index is 1100. The van der Waals surface area contributed by atoms with Gasteiger partial charge in [-0.25, -0.2) is 14.6 Å². The third kappa shape index (κ3) is 4.73. The number of ether oxygens (including phenoxy) is 4. The van der Waals surface area contributed by atoms with E-state index in [0.29, 0.717) is 39.5 Å². The van der Waals surface area contributed by atoms with E-state index < -0.39 is 11.6 Å². The van der Waals surface area contributed by atoms with Crippen molar-refractivity contribution in [3.05, 3.63) is 64.2 Å².